The van der Waals surface area contributed by atoms with E-state index < -0.39 is 0 Å². The fourth-order valence-electron chi connectivity index (χ4n) is 1.81. The highest BCUT2D eigenvalue weighted by Gasteiger charge is 2.12. The number of Topliss-reactive ketones (excluding diaryl/α,β-unsaturated/α-hetero) is 2. The molecule has 0 unspecified atom stereocenters. The van der Waals surface area contributed by atoms with Gasteiger partial charge in [0.2, 0.25) is 0 Å². The maximum absolute atomic E-state index is 11.6. The molecule has 0 spiro atoms. The molecule has 0 fully saturated rings. The topological polar surface area (TPSA) is 43.4 Å². The summed E-state index contributed by atoms with van der Waals surface area (Å²) in [4.78, 5) is 23.0. The fraction of sp³-hybridized carbons (Fsp3) is 0.125. The molecule has 0 amide bonds. The Kier molecular flexibility index (Phi) is 3.76. The van der Waals surface area contributed by atoms with Crippen molar-refractivity contribution in [1.29, 1.82) is 0 Å². The predicted octanol–water partition coefficient (Wildman–Crippen LogP) is 3.88. The monoisotopic (exact) mass is 254 g/mol. The van der Waals surface area contributed by atoms with E-state index in [1.54, 1.807) is 18.2 Å². The largest absolute Gasteiger partial charge is 0.457 e. The zero-order valence-corrected chi connectivity index (χ0v) is 10.8. The van der Waals surface area contributed by atoms with Crippen LogP contribution in [-0.4, -0.2) is 11.6 Å². The second-order valence-electron chi connectivity index (χ2n) is 4.23. The highest BCUT2D eigenvalue weighted by molar-refractivity contribution is 6.07. The van der Waals surface area contributed by atoms with Gasteiger partial charge in [0.05, 0.1) is 0 Å². The van der Waals surface area contributed by atoms with Crippen LogP contribution in [0.1, 0.15) is 34.6 Å². The first-order valence-electron chi connectivity index (χ1n) is 5.97. The number of carbonyl (C=O) groups excluding carboxylic acids is 2. The van der Waals surface area contributed by atoms with Crippen molar-refractivity contribution in [3.05, 3.63) is 59.7 Å². The lowest BCUT2D eigenvalue weighted by atomic mass is 10.0. The van der Waals surface area contributed by atoms with Crippen molar-refractivity contribution >= 4 is 11.6 Å². The third kappa shape index (κ3) is 3.07. The number of rotatable bonds is 4. The summed E-state index contributed by atoms with van der Waals surface area (Å²) in [5.74, 6) is 0.953. The van der Waals surface area contributed by atoms with Gasteiger partial charge < -0.3 is 4.74 Å². The molecule has 0 aliphatic carbocycles. The van der Waals surface area contributed by atoms with Crippen molar-refractivity contribution in [2.45, 2.75) is 13.8 Å². The van der Waals surface area contributed by atoms with Gasteiger partial charge in [0.15, 0.2) is 11.6 Å². The minimum absolute atomic E-state index is 0.128. The number of ether oxygens (including phenoxy) is 1. The number of benzene rings is 2. The number of ketones is 2. The van der Waals surface area contributed by atoms with Gasteiger partial charge in [0.25, 0.3) is 0 Å². The third-order valence-electron chi connectivity index (χ3n) is 2.73. The number of hydrogen-bond donors (Lipinski definition) is 0. The Morgan fingerprint density at radius 3 is 2.00 bits per heavy atom. The molecule has 96 valence electrons. The summed E-state index contributed by atoms with van der Waals surface area (Å²) < 4.78 is 5.64. The number of carbonyl (C=O) groups is 2. The van der Waals surface area contributed by atoms with Crippen molar-refractivity contribution in [3.63, 3.8) is 0 Å². The van der Waals surface area contributed by atoms with Gasteiger partial charge in [-0.2, -0.15) is 0 Å². The van der Waals surface area contributed by atoms with E-state index in [1.807, 2.05) is 30.3 Å². The van der Waals surface area contributed by atoms with Crippen LogP contribution in [0.2, 0.25) is 0 Å². The van der Waals surface area contributed by atoms with Crippen molar-refractivity contribution in [3.8, 4) is 11.5 Å². The van der Waals surface area contributed by atoms with Gasteiger partial charge in [-0.3, -0.25) is 9.59 Å². The van der Waals surface area contributed by atoms with Crippen LogP contribution in [0.5, 0.6) is 11.5 Å². The van der Waals surface area contributed by atoms with E-state index in [4.69, 9.17) is 4.74 Å². The van der Waals surface area contributed by atoms with Crippen LogP contribution in [0.3, 0.4) is 0 Å². The van der Waals surface area contributed by atoms with Crippen LogP contribution in [0.4, 0.5) is 0 Å². The molecule has 0 bridgehead atoms. The summed E-state index contributed by atoms with van der Waals surface area (Å²) in [5, 5.41) is 0. The first-order valence-corrected chi connectivity index (χ1v) is 5.97. The van der Waals surface area contributed by atoms with Crippen LogP contribution in [0, 0.1) is 0 Å². The summed E-state index contributed by atoms with van der Waals surface area (Å²) in [7, 11) is 0. The van der Waals surface area contributed by atoms with Crippen LogP contribution >= 0.6 is 0 Å². The Labute approximate surface area is 111 Å². The molecule has 0 aliphatic rings. The zero-order chi connectivity index (χ0) is 13.8. The Hall–Kier alpha value is -2.42. The molecule has 0 aromatic heterocycles. The van der Waals surface area contributed by atoms with Gasteiger partial charge in [0, 0.05) is 11.1 Å². The Morgan fingerprint density at radius 2 is 1.42 bits per heavy atom. The molecule has 2 rings (SSSR count). The highest BCUT2D eigenvalue weighted by Crippen LogP contribution is 2.24. The Balaban J connectivity index is 2.36. The molecule has 3 heteroatoms. The smallest absolute Gasteiger partial charge is 0.160 e. The number of para-hydroxylation sites is 1. The van der Waals surface area contributed by atoms with Gasteiger partial charge >= 0.3 is 0 Å². The highest BCUT2D eigenvalue weighted by atomic mass is 16.5. The van der Waals surface area contributed by atoms with Crippen molar-refractivity contribution < 1.29 is 14.3 Å². The minimum Gasteiger partial charge on any atom is -0.457 e. The van der Waals surface area contributed by atoms with Crippen LogP contribution in [0.25, 0.3) is 0 Å². The molecular formula is C16H14O3. The molecular weight excluding hydrogens is 240 g/mol. The SMILES string of the molecule is CC(=O)c1ccc(Oc2ccccc2)cc1C(C)=O. The van der Waals surface area contributed by atoms with E-state index in [2.05, 4.69) is 0 Å². The van der Waals surface area contributed by atoms with Gasteiger partial charge in [-0.25, -0.2) is 0 Å². The molecule has 2 aromatic carbocycles. The molecule has 0 aliphatic heterocycles. The van der Waals surface area contributed by atoms with Gasteiger partial charge in [-0.05, 0) is 44.2 Å². The van der Waals surface area contributed by atoms with Crippen LogP contribution in [-0.2, 0) is 0 Å². The summed E-state index contributed by atoms with van der Waals surface area (Å²) in [5.41, 5.74) is 0.814. The molecule has 0 heterocycles. The van der Waals surface area contributed by atoms with Crippen LogP contribution < -0.4 is 4.74 Å². The molecule has 0 N–H and O–H groups in total. The third-order valence-corrected chi connectivity index (χ3v) is 2.73. The quantitative estimate of drug-likeness (QED) is 0.777. The average Bonchev–Trinajstić information content (AvgIpc) is 2.39. The minimum atomic E-state index is -0.149. The normalized spacial score (nSPS) is 10.0. The molecule has 3 nitrogen and oxygen atoms in total. The van der Waals surface area contributed by atoms with Gasteiger partial charge in [0.1, 0.15) is 11.5 Å². The van der Waals surface area contributed by atoms with Gasteiger partial charge in [-0.15, -0.1) is 0 Å². The molecule has 2 aromatic rings. The second kappa shape index (κ2) is 5.48. The first-order chi connectivity index (χ1) is 9.08. The lowest BCUT2D eigenvalue weighted by Gasteiger charge is -2.09. The number of hydrogen-bond acceptors (Lipinski definition) is 3. The molecule has 0 saturated carbocycles. The fourth-order valence-corrected chi connectivity index (χ4v) is 1.81. The summed E-state index contributed by atoms with van der Waals surface area (Å²) in [6, 6.07) is 14.2. The van der Waals surface area contributed by atoms with E-state index in [0.717, 1.165) is 0 Å². The standard InChI is InChI=1S/C16H14O3/c1-11(17)15-9-8-14(10-16(15)12(2)18)19-13-6-4-3-5-7-13/h3-10H,1-2H3. The Bertz CT molecular complexity index is 615. The summed E-state index contributed by atoms with van der Waals surface area (Å²) in [6.07, 6.45) is 0. The van der Waals surface area contributed by atoms with E-state index >= 15 is 0 Å². The van der Waals surface area contributed by atoms with Crippen molar-refractivity contribution in [1.82, 2.24) is 0 Å². The maximum atomic E-state index is 11.6. The van der Waals surface area contributed by atoms with Crippen molar-refractivity contribution in [2.24, 2.45) is 0 Å². The second-order valence-corrected chi connectivity index (χ2v) is 4.23. The molecule has 0 atom stereocenters. The average molecular weight is 254 g/mol. The maximum Gasteiger partial charge on any atom is 0.160 e. The first kappa shape index (κ1) is 13.0. The lowest BCUT2D eigenvalue weighted by molar-refractivity contribution is 0.0980. The van der Waals surface area contributed by atoms with Crippen molar-refractivity contribution in [2.75, 3.05) is 0 Å². The van der Waals surface area contributed by atoms with E-state index in [9.17, 15) is 9.59 Å². The zero-order valence-electron chi connectivity index (χ0n) is 10.8. The van der Waals surface area contributed by atoms with E-state index in [-0.39, 0.29) is 11.6 Å². The molecule has 0 radical (unpaired) electrons. The summed E-state index contributed by atoms with van der Waals surface area (Å²) in [6.45, 7) is 2.88. The lowest BCUT2D eigenvalue weighted by Crippen LogP contribution is -2.04. The Morgan fingerprint density at radius 1 is 0.789 bits per heavy atom. The van der Waals surface area contributed by atoms with E-state index in [0.29, 0.717) is 22.6 Å². The molecule has 0 saturated heterocycles. The van der Waals surface area contributed by atoms with Gasteiger partial charge in [-0.1, -0.05) is 18.2 Å². The van der Waals surface area contributed by atoms with E-state index in [1.165, 1.54) is 13.8 Å². The molecule has 19 heavy (non-hydrogen) atoms. The summed E-state index contributed by atoms with van der Waals surface area (Å²) >= 11 is 0. The van der Waals surface area contributed by atoms with Crippen LogP contribution in [0.15, 0.2) is 48.5 Å². The predicted molar refractivity (Wildman–Crippen MR) is 73.0 cm³/mol.